The van der Waals surface area contributed by atoms with Gasteiger partial charge in [0, 0.05) is 6.42 Å². The van der Waals surface area contributed by atoms with Gasteiger partial charge in [-0.15, -0.1) is 0 Å². The van der Waals surface area contributed by atoms with Gasteiger partial charge in [-0.3, -0.25) is 4.79 Å². The molecule has 0 amide bonds. The summed E-state index contributed by atoms with van der Waals surface area (Å²) in [4.78, 5) is 12.5. The second-order valence-corrected chi connectivity index (χ2v) is 8.59. The minimum Gasteiger partial charge on any atom is -0.462 e. The van der Waals surface area contributed by atoms with Crippen LogP contribution in [0.4, 0.5) is 26.3 Å². The number of aliphatic hydroxyl groups is 1. The molecule has 0 rings (SSSR count). The molecule has 0 fully saturated rings. The van der Waals surface area contributed by atoms with Crippen LogP contribution in [0.1, 0.15) is 61.3 Å². The van der Waals surface area contributed by atoms with E-state index in [1.54, 1.807) is 20.8 Å². The molecule has 0 heterocycles. The highest BCUT2D eigenvalue weighted by Gasteiger charge is 2.70. The van der Waals surface area contributed by atoms with E-state index in [0.717, 1.165) is 6.92 Å². The maximum absolute atomic E-state index is 12.8. The van der Waals surface area contributed by atoms with Crippen LogP contribution in [0.25, 0.3) is 0 Å². The molecule has 0 radical (unpaired) electrons. The molecular weight excluding hydrogens is 366 g/mol. The lowest BCUT2D eigenvalue weighted by Crippen LogP contribution is -2.58. The van der Waals surface area contributed by atoms with E-state index in [4.69, 9.17) is 4.74 Å². The third-order valence-corrected chi connectivity index (χ3v) is 4.47. The molecule has 2 unspecified atom stereocenters. The van der Waals surface area contributed by atoms with E-state index in [2.05, 4.69) is 0 Å². The summed E-state index contributed by atoms with van der Waals surface area (Å²) in [5.74, 6) is -1.15. The molecule has 0 aromatic heterocycles. The molecule has 0 aromatic carbocycles. The second kappa shape index (κ2) is 7.56. The molecule has 26 heavy (non-hydrogen) atoms. The van der Waals surface area contributed by atoms with Crippen molar-refractivity contribution in [2.75, 3.05) is 0 Å². The Hall–Kier alpha value is -0.990. The van der Waals surface area contributed by atoms with Gasteiger partial charge >= 0.3 is 18.3 Å². The van der Waals surface area contributed by atoms with E-state index in [0.29, 0.717) is 6.42 Å². The Morgan fingerprint density at radius 1 is 0.923 bits per heavy atom. The van der Waals surface area contributed by atoms with Gasteiger partial charge in [-0.25, -0.2) is 0 Å². The van der Waals surface area contributed by atoms with Crippen molar-refractivity contribution in [3.05, 3.63) is 0 Å². The van der Waals surface area contributed by atoms with Crippen LogP contribution in [0.15, 0.2) is 0 Å². The predicted molar refractivity (Wildman–Crippen MR) is 84.2 cm³/mol. The minimum absolute atomic E-state index is 0.259. The number of hydrogen-bond acceptors (Lipinski definition) is 3. The second-order valence-electron chi connectivity index (χ2n) is 8.59. The van der Waals surface area contributed by atoms with Gasteiger partial charge in [-0.1, -0.05) is 34.6 Å². The maximum Gasteiger partial charge on any atom is 0.426 e. The highest BCUT2D eigenvalue weighted by Crippen LogP contribution is 2.47. The number of esters is 1. The van der Waals surface area contributed by atoms with Crippen LogP contribution < -0.4 is 0 Å². The SMILES string of the molecule is CC(CC(O)(C(F)(F)F)C(F)(F)F)OC(=O)C(C)(CC(C)(C)C)C(C)C. The molecule has 0 aromatic rings. The van der Waals surface area contributed by atoms with Gasteiger partial charge in [0.05, 0.1) is 5.41 Å². The fourth-order valence-corrected chi connectivity index (χ4v) is 2.78. The minimum atomic E-state index is -5.95. The van der Waals surface area contributed by atoms with Crippen molar-refractivity contribution < 1.29 is 41.0 Å². The van der Waals surface area contributed by atoms with E-state index in [1.807, 2.05) is 20.8 Å². The average Bonchev–Trinajstić information content (AvgIpc) is 2.32. The van der Waals surface area contributed by atoms with Gasteiger partial charge in [0.1, 0.15) is 6.10 Å². The number of carbonyl (C=O) groups excluding carboxylic acids is 1. The lowest BCUT2D eigenvalue weighted by Gasteiger charge is -2.39. The maximum atomic E-state index is 12.8. The summed E-state index contributed by atoms with van der Waals surface area (Å²) < 4.78 is 81.5. The quantitative estimate of drug-likeness (QED) is 0.494. The van der Waals surface area contributed by atoms with Crippen molar-refractivity contribution in [1.82, 2.24) is 0 Å². The Bertz CT molecular complexity index is 476. The molecule has 0 spiro atoms. The molecule has 0 saturated heterocycles. The first kappa shape index (κ1) is 25.0. The number of rotatable bonds is 6. The van der Waals surface area contributed by atoms with E-state index >= 15 is 0 Å². The number of carbonyl (C=O) groups is 1. The first-order valence-corrected chi connectivity index (χ1v) is 8.24. The third kappa shape index (κ3) is 5.76. The summed E-state index contributed by atoms with van der Waals surface area (Å²) in [7, 11) is 0. The fraction of sp³-hybridized carbons (Fsp3) is 0.941. The lowest BCUT2D eigenvalue weighted by atomic mass is 9.69. The molecule has 9 heteroatoms. The van der Waals surface area contributed by atoms with Crippen LogP contribution in [-0.4, -0.2) is 35.1 Å². The summed E-state index contributed by atoms with van der Waals surface area (Å²) in [5, 5.41) is 9.22. The van der Waals surface area contributed by atoms with Crippen molar-refractivity contribution >= 4 is 5.97 Å². The number of alkyl halides is 6. The molecule has 2 atom stereocenters. The Labute approximate surface area is 150 Å². The largest absolute Gasteiger partial charge is 0.462 e. The molecule has 1 N–H and O–H groups in total. The summed E-state index contributed by atoms with van der Waals surface area (Å²) in [6.07, 6.45) is -15.2. The van der Waals surface area contributed by atoms with Crippen molar-refractivity contribution in [3.8, 4) is 0 Å². The number of ether oxygens (including phenoxy) is 1. The highest BCUT2D eigenvalue weighted by atomic mass is 19.4. The van der Waals surface area contributed by atoms with Crippen molar-refractivity contribution in [1.29, 1.82) is 0 Å². The van der Waals surface area contributed by atoms with E-state index < -0.39 is 41.9 Å². The van der Waals surface area contributed by atoms with Crippen LogP contribution in [0, 0.1) is 16.7 Å². The zero-order valence-corrected chi connectivity index (χ0v) is 16.1. The molecule has 0 aliphatic carbocycles. The van der Waals surface area contributed by atoms with Crippen molar-refractivity contribution in [3.63, 3.8) is 0 Å². The Balaban J connectivity index is 5.48. The van der Waals surface area contributed by atoms with Gasteiger partial charge in [0.25, 0.3) is 5.60 Å². The standard InChI is InChI=1S/C17H28F6O3/c1-10(2)14(7,9-13(4,5)6)12(24)26-11(3)8-15(25,16(18,19)20)17(21,22)23/h10-11,25H,8-9H2,1-7H3. The molecule has 156 valence electrons. The molecular formula is C17H28F6O3. The molecule has 0 aliphatic rings. The number of halogens is 6. The smallest absolute Gasteiger partial charge is 0.426 e. The van der Waals surface area contributed by atoms with Gasteiger partial charge in [0.2, 0.25) is 0 Å². The molecule has 0 saturated carbocycles. The van der Waals surface area contributed by atoms with Crippen molar-refractivity contribution in [2.45, 2.75) is 85.4 Å². The zero-order chi connectivity index (χ0) is 21.4. The third-order valence-electron chi connectivity index (χ3n) is 4.47. The first-order valence-electron chi connectivity index (χ1n) is 8.24. The average molecular weight is 394 g/mol. The zero-order valence-electron chi connectivity index (χ0n) is 16.1. The van der Waals surface area contributed by atoms with Gasteiger partial charge in [0.15, 0.2) is 0 Å². The van der Waals surface area contributed by atoms with Gasteiger partial charge in [-0.05, 0) is 31.6 Å². The summed E-state index contributed by atoms with van der Waals surface area (Å²) in [6, 6.07) is 0. The summed E-state index contributed by atoms with van der Waals surface area (Å²) in [5.41, 5.74) is -6.36. The molecule has 0 bridgehead atoms. The normalized spacial score (nSPS) is 17.8. The van der Waals surface area contributed by atoms with E-state index in [-0.39, 0.29) is 11.3 Å². The Morgan fingerprint density at radius 3 is 1.58 bits per heavy atom. The fourth-order valence-electron chi connectivity index (χ4n) is 2.78. The monoisotopic (exact) mass is 394 g/mol. The van der Waals surface area contributed by atoms with Crippen LogP contribution in [0.5, 0.6) is 0 Å². The first-order chi connectivity index (χ1) is 11.2. The van der Waals surface area contributed by atoms with Crippen LogP contribution in [0.3, 0.4) is 0 Å². The Morgan fingerprint density at radius 2 is 1.31 bits per heavy atom. The Kier molecular flexibility index (Phi) is 7.27. The van der Waals surface area contributed by atoms with Gasteiger partial charge in [-0.2, -0.15) is 26.3 Å². The van der Waals surface area contributed by atoms with E-state index in [1.165, 1.54) is 0 Å². The van der Waals surface area contributed by atoms with Crippen LogP contribution in [-0.2, 0) is 9.53 Å². The summed E-state index contributed by atoms with van der Waals surface area (Å²) >= 11 is 0. The highest BCUT2D eigenvalue weighted by molar-refractivity contribution is 5.77. The van der Waals surface area contributed by atoms with E-state index in [9.17, 15) is 36.2 Å². The number of hydrogen-bond donors (Lipinski definition) is 1. The van der Waals surface area contributed by atoms with Crippen LogP contribution in [0.2, 0.25) is 0 Å². The molecule has 3 nitrogen and oxygen atoms in total. The van der Waals surface area contributed by atoms with Gasteiger partial charge < -0.3 is 9.84 Å². The van der Waals surface area contributed by atoms with Crippen LogP contribution >= 0.6 is 0 Å². The molecule has 0 aliphatic heterocycles. The topological polar surface area (TPSA) is 46.5 Å². The lowest BCUT2D eigenvalue weighted by molar-refractivity contribution is -0.373. The van der Waals surface area contributed by atoms with Crippen molar-refractivity contribution in [2.24, 2.45) is 16.7 Å². The predicted octanol–water partition coefficient (Wildman–Crippen LogP) is 5.26. The summed E-state index contributed by atoms with van der Waals surface area (Å²) in [6.45, 7) is 11.5.